The normalized spacial score (nSPS) is 22.8. The molecule has 0 radical (unpaired) electrons. The first-order valence-corrected chi connectivity index (χ1v) is 10.6. The highest BCUT2D eigenvalue weighted by atomic mass is 31.0. The SMILES string of the molecule is Cc1cc(OCc2ccc([C@@H](C)[C@]3(C)CC(=O)N(P)C3=O)cc2)cc(C2CC2)n1. The predicted octanol–water partition coefficient (Wildman–Crippen LogP) is 4.51. The summed E-state index contributed by atoms with van der Waals surface area (Å²) in [6, 6.07) is 12.2. The van der Waals surface area contributed by atoms with Crippen LogP contribution in [0, 0.1) is 12.3 Å². The van der Waals surface area contributed by atoms with E-state index in [1.54, 1.807) is 0 Å². The van der Waals surface area contributed by atoms with E-state index in [1.165, 1.54) is 17.5 Å². The number of benzene rings is 1. The van der Waals surface area contributed by atoms with Gasteiger partial charge in [0.1, 0.15) is 12.4 Å². The number of ether oxygens (including phenoxy) is 1. The number of carbonyl (C=O) groups is 2. The maximum Gasteiger partial charge on any atom is 0.239 e. The van der Waals surface area contributed by atoms with Gasteiger partial charge in [0.25, 0.3) is 0 Å². The van der Waals surface area contributed by atoms with E-state index >= 15 is 0 Å². The summed E-state index contributed by atoms with van der Waals surface area (Å²) < 4.78 is 7.18. The summed E-state index contributed by atoms with van der Waals surface area (Å²) in [5, 5.41) is 0. The Labute approximate surface area is 174 Å². The van der Waals surface area contributed by atoms with Crippen LogP contribution in [-0.2, 0) is 16.2 Å². The number of aromatic nitrogens is 1. The third-order valence-corrected chi connectivity index (χ3v) is 6.80. The fraction of sp³-hybridized carbons (Fsp3) is 0.435. The van der Waals surface area contributed by atoms with Crippen LogP contribution in [0.1, 0.15) is 67.5 Å². The van der Waals surface area contributed by atoms with E-state index in [1.807, 2.05) is 51.1 Å². The maximum absolute atomic E-state index is 12.5. The minimum absolute atomic E-state index is 0.0524. The smallest absolute Gasteiger partial charge is 0.239 e. The van der Waals surface area contributed by atoms with Gasteiger partial charge in [-0.2, -0.15) is 0 Å². The molecule has 0 bridgehead atoms. The predicted molar refractivity (Wildman–Crippen MR) is 114 cm³/mol. The van der Waals surface area contributed by atoms with Crippen LogP contribution in [0.25, 0.3) is 0 Å². The zero-order valence-corrected chi connectivity index (χ0v) is 18.3. The molecule has 29 heavy (non-hydrogen) atoms. The Hall–Kier alpha value is -2.26. The van der Waals surface area contributed by atoms with Gasteiger partial charge in [0.05, 0.1) is 5.41 Å². The van der Waals surface area contributed by atoms with Crippen molar-refractivity contribution < 1.29 is 14.3 Å². The van der Waals surface area contributed by atoms with Crippen molar-refractivity contribution in [3.05, 3.63) is 58.9 Å². The van der Waals surface area contributed by atoms with Crippen molar-refractivity contribution in [1.29, 1.82) is 0 Å². The zero-order chi connectivity index (χ0) is 20.8. The third kappa shape index (κ3) is 3.93. The summed E-state index contributed by atoms with van der Waals surface area (Å²) in [7, 11) is 2.24. The highest BCUT2D eigenvalue weighted by Gasteiger charge is 2.50. The fourth-order valence-corrected chi connectivity index (χ4v) is 4.36. The van der Waals surface area contributed by atoms with Gasteiger partial charge in [-0.3, -0.25) is 19.2 Å². The topological polar surface area (TPSA) is 59.5 Å². The quantitative estimate of drug-likeness (QED) is 0.520. The third-order valence-electron chi connectivity index (χ3n) is 6.28. The number of carbonyl (C=O) groups excluding carboxylic acids is 2. The van der Waals surface area contributed by atoms with Crippen molar-refractivity contribution in [2.75, 3.05) is 0 Å². The van der Waals surface area contributed by atoms with Crippen LogP contribution in [0.15, 0.2) is 36.4 Å². The number of aryl methyl sites for hydroxylation is 1. The molecule has 3 atom stereocenters. The Morgan fingerprint density at radius 3 is 2.52 bits per heavy atom. The van der Waals surface area contributed by atoms with Gasteiger partial charge < -0.3 is 4.74 Å². The van der Waals surface area contributed by atoms with Gasteiger partial charge in [-0.05, 0) is 53.1 Å². The van der Waals surface area contributed by atoms with E-state index in [-0.39, 0.29) is 24.2 Å². The molecule has 1 aliphatic heterocycles. The zero-order valence-electron chi connectivity index (χ0n) is 17.1. The van der Waals surface area contributed by atoms with Crippen LogP contribution in [0.5, 0.6) is 5.75 Å². The van der Waals surface area contributed by atoms with Gasteiger partial charge in [-0.1, -0.05) is 31.2 Å². The summed E-state index contributed by atoms with van der Waals surface area (Å²) in [6.45, 7) is 6.37. The molecular weight excluding hydrogens is 383 g/mol. The number of hydrogen-bond acceptors (Lipinski definition) is 4. The molecule has 4 rings (SSSR count). The van der Waals surface area contributed by atoms with E-state index < -0.39 is 5.41 Å². The van der Waals surface area contributed by atoms with E-state index in [2.05, 4.69) is 20.4 Å². The molecule has 2 aromatic rings. The van der Waals surface area contributed by atoms with E-state index in [0.29, 0.717) is 12.5 Å². The maximum atomic E-state index is 12.5. The molecule has 6 heteroatoms. The number of imide groups is 1. The van der Waals surface area contributed by atoms with Crippen LogP contribution >= 0.6 is 9.39 Å². The van der Waals surface area contributed by atoms with Gasteiger partial charge >= 0.3 is 0 Å². The molecule has 152 valence electrons. The van der Waals surface area contributed by atoms with Crippen LogP contribution in [0.3, 0.4) is 0 Å². The molecule has 1 unspecified atom stereocenters. The molecule has 2 amide bonds. The molecule has 0 spiro atoms. The number of amides is 2. The Balaban J connectivity index is 1.43. The highest BCUT2D eigenvalue weighted by Crippen LogP contribution is 2.45. The van der Waals surface area contributed by atoms with Crippen LogP contribution in [0.4, 0.5) is 0 Å². The monoisotopic (exact) mass is 410 g/mol. The van der Waals surface area contributed by atoms with Crippen molar-refractivity contribution in [3.8, 4) is 5.75 Å². The lowest BCUT2D eigenvalue weighted by Crippen LogP contribution is -2.32. The lowest BCUT2D eigenvalue weighted by molar-refractivity contribution is -0.135. The molecule has 2 fully saturated rings. The average Bonchev–Trinajstić information content (AvgIpc) is 3.53. The van der Waals surface area contributed by atoms with E-state index in [9.17, 15) is 9.59 Å². The van der Waals surface area contributed by atoms with Crippen LogP contribution in [-0.4, -0.2) is 21.5 Å². The van der Waals surface area contributed by atoms with Crippen LogP contribution in [0.2, 0.25) is 0 Å². The fourth-order valence-electron chi connectivity index (χ4n) is 3.97. The van der Waals surface area contributed by atoms with Crippen LogP contribution < -0.4 is 4.74 Å². The van der Waals surface area contributed by atoms with Crippen molar-refractivity contribution in [2.45, 2.75) is 58.5 Å². The Morgan fingerprint density at radius 2 is 1.93 bits per heavy atom. The standard InChI is InChI=1S/C23H27N2O3P/c1-14-10-19(11-20(24-14)18-8-9-18)28-13-16-4-6-17(7-5-16)15(2)23(3)12-21(26)25(29)22(23)27/h4-7,10-11,15,18H,8-9,12-13,29H2,1-3H3/t15-,23+/m1/s1. The molecule has 1 aromatic heterocycles. The molecule has 2 heterocycles. The molecule has 2 aliphatic rings. The van der Waals surface area contributed by atoms with Crippen molar-refractivity contribution in [3.63, 3.8) is 0 Å². The van der Waals surface area contributed by atoms with Crippen molar-refractivity contribution in [1.82, 2.24) is 9.65 Å². The van der Waals surface area contributed by atoms with Crippen molar-refractivity contribution in [2.24, 2.45) is 5.41 Å². The average molecular weight is 410 g/mol. The second-order valence-corrected chi connectivity index (χ2v) is 9.07. The first-order chi connectivity index (χ1) is 13.8. The van der Waals surface area contributed by atoms with Gasteiger partial charge in [0.15, 0.2) is 0 Å². The van der Waals surface area contributed by atoms with Gasteiger partial charge in [0.2, 0.25) is 11.8 Å². The summed E-state index contributed by atoms with van der Waals surface area (Å²) in [4.78, 5) is 29.1. The summed E-state index contributed by atoms with van der Waals surface area (Å²) in [5.74, 6) is 1.13. The molecule has 1 saturated heterocycles. The lowest BCUT2D eigenvalue weighted by atomic mass is 9.73. The first kappa shape index (κ1) is 20.0. The largest absolute Gasteiger partial charge is 0.489 e. The Kier molecular flexibility index (Phi) is 5.20. The molecule has 1 aliphatic carbocycles. The summed E-state index contributed by atoms with van der Waals surface area (Å²) >= 11 is 0. The second kappa shape index (κ2) is 7.53. The Bertz CT molecular complexity index is 955. The molecule has 5 nitrogen and oxygen atoms in total. The number of pyridine rings is 1. The molecule has 1 saturated carbocycles. The molecule has 1 aromatic carbocycles. The molecule has 0 N–H and O–H groups in total. The summed E-state index contributed by atoms with van der Waals surface area (Å²) in [6.07, 6.45) is 2.68. The number of hydrogen-bond donors (Lipinski definition) is 0. The minimum atomic E-state index is -0.704. The van der Waals surface area contributed by atoms with E-state index in [0.717, 1.165) is 28.3 Å². The second-order valence-electron chi connectivity index (χ2n) is 8.56. The minimum Gasteiger partial charge on any atom is -0.489 e. The van der Waals surface area contributed by atoms with Gasteiger partial charge in [0, 0.05) is 35.9 Å². The van der Waals surface area contributed by atoms with Crippen molar-refractivity contribution >= 4 is 21.2 Å². The Morgan fingerprint density at radius 1 is 1.24 bits per heavy atom. The van der Waals surface area contributed by atoms with Gasteiger partial charge in [-0.25, -0.2) is 0 Å². The first-order valence-electron chi connectivity index (χ1n) is 10.1. The lowest BCUT2D eigenvalue weighted by Gasteiger charge is -2.29. The molecular formula is C23H27N2O3P. The van der Waals surface area contributed by atoms with Gasteiger partial charge in [-0.15, -0.1) is 0 Å². The number of rotatable bonds is 6. The summed E-state index contributed by atoms with van der Waals surface area (Å²) in [5.41, 5.74) is 3.53. The highest BCUT2D eigenvalue weighted by molar-refractivity contribution is 7.16. The van der Waals surface area contributed by atoms with E-state index in [4.69, 9.17) is 4.74 Å². The number of nitrogens with zero attached hydrogens (tertiary/aromatic N) is 2.